The number of fused-ring (bicyclic) bond motifs is 1. The van der Waals surface area contributed by atoms with Gasteiger partial charge in [0.15, 0.2) is 6.61 Å². The summed E-state index contributed by atoms with van der Waals surface area (Å²) in [6, 6.07) is 9.55. The molecule has 1 heterocycles. The van der Waals surface area contributed by atoms with E-state index in [1.165, 1.54) is 24.3 Å². The molecule has 0 aromatic heterocycles. The van der Waals surface area contributed by atoms with Crippen molar-refractivity contribution in [2.45, 2.75) is 37.4 Å². The first-order valence-corrected chi connectivity index (χ1v) is 12.7. The van der Waals surface area contributed by atoms with Crippen LogP contribution in [-0.2, 0) is 19.1 Å². The van der Waals surface area contributed by atoms with Crippen molar-refractivity contribution in [3.05, 3.63) is 57.6 Å². The van der Waals surface area contributed by atoms with Gasteiger partial charge in [-0.3, -0.25) is 19.3 Å². The first kappa shape index (κ1) is 25.7. The van der Waals surface area contributed by atoms with Crippen LogP contribution in [0.1, 0.15) is 34.3 Å². The lowest BCUT2D eigenvalue weighted by Crippen LogP contribution is -2.34. The fourth-order valence-electron chi connectivity index (χ4n) is 4.53. The van der Waals surface area contributed by atoms with E-state index < -0.39 is 30.3 Å². The van der Waals surface area contributed by atoms with E-state index in [2.05, 4.69) is 21.2 Å². The van der Waals surface area contributed by atoms with Gasteiger partial charge in [-0.05, 0) is 74.2 Å². The molecule has 3 amide bonds. The number of rotatable bonds is 5. The second-order valence-electron chi connectivity index (χ2n) is 8.82. The highest BCUT2D eigenvalue weighted by Gasteiger charge is 2.52. The molecule has 184 valence electrons. The molecule has 35 heavy (non-hydrogen) atoms. The van der Waals surface area contributed by atoms with E-state index in [9.17, 15) is 19.2 Å². The van der Waals surface area contributed by atoms with E-state index in [0.717, 1.165) is 20.5 Å². The van der Waals surface area contributed by atoms with Crippen LogP contribution in [0.5, 0.6) is 0 Å². The number of imide groups is 1. The molecule has 1 saturated carbocycles. The minimum atomic E-state index is -0.697. The lowest BCUT2D eigenvalue weighted by molar-refractivity contribution is -0.122. The van der Waals surface area contributed by atoms with Crippen LogP contribution < -0.4 is 10.2 Å². The minimum absolute atomic E-state index is 0.190. The topological polar surface area (TPSA) is 92.8 Å². The molecule has 0 bridgehead atoms. The molecule has 7 nitrogen and oxygen atoms in total. The SMILES string of the molecule is Cc1cc(NC(=O)COC(=O)c2ccc(N3C(=O)[C@@H]4C[C@@H](Cl)[C@@H](Cl)C[C@H]4C3=O)cc2)cc(C)c1Br. The molecule has 2 aliphatic rings. The number of nitrogens with one attached hydrogen (secondary N) is 1. The number of esters is 1. The second kappa shape index (κ2) is 10.3. The summed E-state index contributed by atoms with van der Waals surface area (Å²) >= 11 is 15.9. The van der Waals surface area contributed by atoms with Gasteiger partial charge in [-0.2, -0.15) is 0 Å². The highest BCUT2D eigenvalue weighted by Crippen LogP contribution is 2.43. The molecular weight excluding hydrogens is 559 g/mol. The normalized spacial score (nSPS) is 23.7. The maximum Gasteiger partial charge on any atom is 0.338 e. The van der Waals surface area contributed by atoms with Crippen molar-refractivity contribution in [3.63, 3.8) is 0 Å². The Balaban J connectivity index is 1.36. The number of hydrogen-bond acceptors (Lipinski definition) is 5. The molecule has 1 aliphatic carbocycles. The molecule has 2 aromatic carbocycles. The maximum atomic E-state index is 12.9. The second-order valence-corrected chi connectivity index (χ2v) is 10.7. The molecule has 4 atom stereocenters. The quantitative estimate of drug-likeness (QED) is 0.305. The summed E-state index contributed by atoms with van der Waals surface area (Å²) in [5.74, 6) is -2.75. The Morgan fingerprint density at radius 1 is 1.00 bits per heavy atom. The number of aryl methyl sites for hydroxylation is 2. The number of benzene rings is 2. The highest BCUT2D eigenvalue weighted by molar-refractivity contribution is 9.10. The summed E-state index contributed by atoms with van der Waals surface area (Å²) in [7, 11) is 0. The number of carbonyl (C=O) groups is 4. The van der Waals surface area contributed by atoms with Crippen molar-refractivity contribution in [1.29, 1.82) is 0 Å². The zero-order valence-electron chi connectivity index (χ0n) is 19.0. The van der Waals surface area contributed by atoms with Gasteiger partial charge in [0.05, 0.1) is 33.8 Å². The predicted octanol–water partition coefficient (Wildman–Crippen LogP) is 4.98. The lowest BCUT2D eigenvalue weighted by atomic mass is 9.80. The third-order valence-corrected chi connectivity index (χ3v) is 8.67. The third-order valence-electron chi connectivity index (χ3n) is 6.33. The number of ether oxygens (including phenoxy) is 1. The Morgan fingerprint density at radius 3 is 2.03 bits per heavy atom. The van der Waals surface area contributed by atoms with E-state index >= 15 is 0 Å². The number of hydrogen-bond donors (Lipinski definition) is 1. The van der Waals surface area contributed by atoms with Crippen molar-refractivity contribution in [1.82, 2.24) is 0 Å². The van der Waals surface area contributed by atoms with Crippen molar-refractivity contribution >= 4 is 74.2 Å². The van der Waals surface area contributed by atoms with Crippen molar-refractivity contribution in [2.24, 2.45) is 11.8 Å². The fourth-order valence-corrected chi connectivity index (χ4v) is 5.34. The average Bonchev–Trinajstić information content (AvgIpc) is 3.05. The van der Waals surface area contributed by atoms with E-state index in [4.69, 9.17) is 27.9 Å². The summed E-state index contributed by atoms with van der Waals surface area (Å²) in [5, 5.41) is 1.99. The fraction of sp³-hybridized carbons (Fsp3) is 0.360. The van der Waals surface area contributed by atoms with Gasteiger partial charge in [-0.1, -0.05) is 15.9 Å². The van der Waals surface area contributed by atoms with Crippen LogP contribution in [0.25, 0.3) is 0 Å². The Hall–Kier alpha value is -2.42. The summed E-state index contributed by atoms with van der Waals surface area (Å²) in [5.41, 5.74) is 3.10. The van der Waals surface area contributed by atoms with Crippen molar-refractivity contribution in [2.75, 3.05) is 16.8 Å². The Morgan fingerprint density at radius 2 is 1.51 bits per heavy atom. The number of anilines is 2. The summed E-state index contributed by atoms with van der Waals surface area (Å²) in [6.45, 7) is 3.37. The van der Waals surface area contributed by atoms with Gasteiger partial charge in [0.1, 0.15) is 0 Å². The molecular formula is C25H23BrCl2N2O5. The minimum Gasteiger partial charge on any atom is -0.452 e. The molecule has 1 N–H and O–H groups in total. The van der Waals surface area contributed by atoms with Gasteiger partial charge in [0.25, 0.3) is 5.91 Å². The monoisotopic (exact) mass is 580 g/mol. The Kier molecular flexibility index (Phi) is 7.54. The number of halogens is 3. The molecule has 1 aliphatic heterocycles. The summed E-state index contributed by atoms with van der Waals surface area (Å²) in [4.78, 5) is 51.5. The van der Waals surface area contributed by atoms with E-state index in [0.29, 0.717) is 24.2 Å². The number of nitrogens with zero attached hydrogens (tertiary/aromatic N) is 1. The van der Waals surface area contributed by atoms with Gasteiger partial charge in [0, 0.05) is 10.2 Å². The molecule has 10 heteroatoms. The van der Waals surface area contributed by atoms with E-state index in [1.807, 2.05) is 26.0 Å². The van der Waals surface area contributed by atoms with Crippen molar-refractivity contribution < 1.29 is 23.9 Å². The molecule has 0 spiro atoms. The van der Waals surface area contributed by atoms with Crippen LogP contribution in [0.4, 0.5) is 11.4 Å². The molecule has 4 rings (SSSR count). The van der Waals surface area contributed by atoms with Crippen LogP contribution in [0.2, 0.25) is 0 Å². The molecule has 2 fully saturated rings. The lowest BCUT2D eigenvalue weighted by Gasteiger charge is -2.28. The zero-order chi connectivity index (χ0) is 25.4. The molecule has 2 aromatic rings. The van der Waals surface area contributed by atoms with Crippen LogP contribution in [0.15, 0.2) is 40.9 Å². The molecule has 1 saturated heterocycles. The van der Waals surface area contributed by atoms with Crippen LogP contribution in [0.3, 0.4) is 0 Å². The summed E-state index contributed by atoms with van der Waals surface area (Å²) < 4.78 is 6.08. The largest absolute Gasteiger partial charge is 0.452 e. The maximum absolute atomic E-state index is 12.9. The van der Waals surface area contributed by atoms with E-state index in [1.54, 1.807) is 0 Å². The number of amides is 3. The van der Waals surface area contributed by atoms with Crippen LogP contribution >= 0.6 is 39.1 Å². The standard InChI is InChI=1S/C25H23BrCl2N2O5/c1-12-7-15(8-13(2)22(12)26)29-21(31)11-35-25(34)14-3-5-16(6-4-14)30-23(32)17-9-19(27)20(28)10-18(17)24(30)33/h3-8,17-20H,9-11H2,1-2H3,(H,29,31)/t17-,18-,19-,20+/m1/s1. The van der Waals surface area contributed by atoms with Gasteiger partial charge in [-0.25, -0.2) is 4.79 Å². The van der Waals surface area contributed by atoms with Gasteiger partial charge >= 0.3 is 5.97 Å². The summed E-state index contributed by atoms with van der Waals surface area (Å²) in [6.07, 6.45) is 0.709. The Bertz CT molecular complexity index is 1150. The molecule has 0 radical (unpaired) electrons. The van der Waals surface area contributed by atoms with Gasteiger partial charge in [-0.15, -0.1) is 23.2 Å². The third kappa shape index (κ3) is 5.25. The smallest absolute Gasteiger partial charge is 0.338 e. The van der Waals surface area contributed by atoms with E-state index in [-0.39, 0.29) is 28.1 Å². The van der Waals surface area contributed by atoms with Crippen molar-refractivity contribution in [3.8, 4) is 0 Å². The zero-order valence-corrected chi connectivity index (χ0v) is 22.1. The first-order chi connectivity index (χ1) is 16.6. The van der Waals surface area contributed by atoms with Gasteiger partial charge in [0.2, 0.25) is 11.8 Å². The van der Waals surface area contributed by atoms with Crippen LogP contribution in [0, 0.1) is 25.7 Å². The first-order valence-electron chi connectivity index (χ1n) is 11.1. The predicted molar refractivity (Wildman–Crippen MR) is 137 cm³/mol. The van der Waals surface area contributed by atoms with Gasteiger partial charge < -0.3 is 10.1 Å². The van der Waals surface area contributed by atoms with Crippen LogP contribution in [-0.4, -0.2) is 41.1 Å². The highest BCUT2D eigenvalue weighted by atomic mass is 79.9. The number of alkyl halides is 2. The number of carbonyl (C=O) groups excluding carboxylic acids is 4. The average molecular weight is 582 g/mol. The molecule has 0 unspecified atom stereocenters. The Labute approximate surface area is 221 Å².